The molecule has 8 heteroatoms. The molecular weight excluding hydrogens is 526 g/mol. The van der Waals surface area contributed by atoms with Crippen molar-refractivity contribution in [3.8, 4) is 0 Å². The van der Waals surface area contributed by atoms with Crippen LogP contribution >= 0.6 is 11.6 Å². The maximum atomic E-state index is 14.2. The van der Waals surface area contributed by atoms with Crippen LogP contribution in [-0.4, -0.2) is 46.4 Å². The summed E-state index contributed by atoms with van der Waals surface area (Å²) in [5.74, 6) is -1.44. The third kappa shape index (κ3) is 4.53. The highest BCUT2D eigenvalue weighted by atomic mass is 35.5. The second kappa shape index (κ2) is 10.3. The van der Waals surface area contributed by atoms with Crippen molar-refractivity contribution in [3.05, 3.63) is 76.8 Å². The van der Waals surface area contributed by atoms with E-state index in [1.165, 1.54) is 0 Å². The van der Waals surface area contributed by atoms with Gasteiger partial charge in [-0.3, -0.25) is 14.4 Å². The maximum absolute atomic E-state index is 14.2. The molecule has 3 fully saturated rings. The van der Waals surface area contributed by atoms with Crippen molar-refractivity contribution in [2.45, 2.75) is 70.4 Å². The molecule has 7 nitrogen and oxygen atoms in total. The van der Waals surface area contributed by atoms with Crippen molar-refractivity contribution in [1.82, 2.24) is 10.2 Å². The molecule has 3 amide bonds. The molecule has 0 aromatic heterocycles. The molecular formula is C32H36ClN3O4. The normalized spacial score (nSPS) is 34.1. The van der Waals surface area contributed by atoms with Crippen molar-refractivity contribution in [1.29, 1.82) is 0 Å². The second-order valence-electron chi connectivity index (χ2n) is 12.0. The molecule has 3 heterocycles. The summed E-state index contributed by atoms with van der Waals surface area (Å²) < 4.78 is 6.49. The van der Waals surface area contributed by atoms with Crippen molar-refractivity contribution >= 4 is 35.0 Å². The van der Waals surface area contributed by atoms with E-state index in [1.54, 1.807) is 29.2 Å². The van der Waals surface area contributed by atoms with E-state index in [9.17, 15) is 14.4 Å². The predicted molar refractivity (Wildman–Crippen MR) is 153 cm³/mol. The Bertz CT molecular complexity index is 1340. The average Bonchev–Trinajstić information content (AvgIpc) is 3.57. The zero-order valence-corrected chi connectivity index (χ0v) is 23.9. The van der Waals surface area contributed by atoms with Crippen LogP contribution in [0.25, 0.3) is 0 Å². The zero-order valence-electron chi connectivity index (χ0n) is 23.1. The first-order valence-corrected chi connectivity index (χ1v) is 14.7. The summed E-state index contributed by atoms with van der Waals surface area (Å²) in [6.07, 6.45) is 6.25. The summed E-state index contributed by atoms with van der Waals surface area (Å²) in [5, 5.41) is 6.81. The monoisotopic (exact) mass is 561 g/mol. The van der Waals surface area contributed by atoms with Gasteiger partial charge in [0.15, 0.2) is 0 Å². The number of anilines is 1. The summed E-state index contributed by atoms with van der Waals surface area (Å²) >= 11 is 6.01. The van der Waals surface area contributed by atoms with Crippen LogP contribution in [0.2, 0.25) is 5.02 Å². The van der Waals surface area contributed by atoms with E-state index in [4.69, 9.17) is 16.3 Å². The quantitative estimate of drug-likeness (QED) is 0.492. The molecule has 2 bridgehead atoms. The number of amides is 3. The topological polar surface area (TPSA) is 87.7 Å². The Morgan fingerprint density at radius 3 is 2.50 bits per heavy atom. The summed E-state index contributed by atoms with van der Waals surface area (Å²) in [7, 11) is 0. The van der Waals surface area contributed by atoms with Crippen LogP contribution in [0.3, 0.4) is 0 Å². The fourth-order valence-electron chi connectivity index (χ4n) is 7.13. The molecule has 2 saturated heterocycles. The van der Waals surface area contributed by atoms with Crippen LogP contribution in [-0.2, 0) is 25.7 Å². The molecule has 0 radical (unpaired) electrons. The molecule has 2 N–H and O–H groups in total. The lowest BCUT2D eigenvalue weighted by molar-refractivity contribution is -0.142. The van der Waals surface area contributed by atoms with Crippen LogP contribution in [0.4, 0.5) is 5.69 Å². The number of carbonyl (C=O) groups excluding carboxylic acids is 3. The number of carbonyl (C=O) groups is 3. The first-order valence-electron chi connectivity index (χ1n) is 14.3. The van der Waals surface area contributed by atoms with Crippen LogP contribution in [0.1, 0.15) is 44.2 Å². The van der Waals surface area contributed by atoms with Gasteiger partial charge in [0, 0.05) is 23.3 Å². The molecule has 1 spiro atoms. The van der Waals surface area contributed by atoms with Crippen molar-refractivity contribution in [2.75, 3.05) is 5.32 Å². The Balaban J connectivity index is 1.32. The van der Waals surface area contributed by atoms with Gasteiger partial charge in [0.25, 0.3) is 0 Å². The molecule has 8 atom stereocenters. The van der Waals surface area contributed by atoms with Crippen LogP contribution in [0.15, 0.2) is 60.7 Å². The molecule has 2 aromatic rings. The summed E-state index contributed by atoms with van der Waals surface area (Å²) in [6.45, 7) is 6.70. The van der Waals surface area contributed by atoms with Crippen LogP contribution in [0, 0.1) is 30.6 Å². The highest BCUT2D eigenvalue weighted by molar-refractivity contribution is 6.30. The smallest absolute Gasteiger partial charge is 0.246 e. The number of fused-ring (bicyclic) bond motifs is 1. The number of aryl methyl sites for hydroxylation is 1. The molecule has 1 aliphatic carbocycles. The van der Waals surface area contributed by atoms with E-state index in [0.717, 1.165) is 30.4 Å². The molecule has 210 valence electrons. The number of rotatable bonds is 6. The van der Waals surface area contributed by atoms with Crippen molar-refractivity contribution < 1.29 is 19.1 Å². The number of hydrogen-bond acceptors (Lipinski definition) is 4. The number of likely N-dealkylation sites (tertiary alicyclic amines) is 1. The van der Waals surface area contributed by atoms with Gasteiger partial charge in [-0.1, -0.05) is 80.3 Å². The third-order valence-electron chi connectivity index (χ3n) is 9.54. The third-order valence-corrected chi connectivity index (χ3v) is 9.80. The average molecular weight is 562 g/mol. The minimum Gasteiger partial charge on any atom is -0.359 e. The minimum atomic E-state index is -1.19. The van der Waals surface area contributed by atoms with Gasteiger partial charge in [-0.2, -0.15) is 0 Å². The molecule has 6 rings (SSSR count). The van der Waals surface area contributed by atoms with E-state index in [-0.39, 0.29) is 30.3 Å². The number of halogens is 1. The number of hydrogen-bond donors (Lipinski definition) is 2. The van der Waals surface area contributed by atoms with Gasteiger partial charge < -0.3 is 20.3 Å². The van der Waals surface area contributed by atoms with E-state index in [2.05, 4.69) is 24.5 Å². The summed E-state index contributed by atoms with van der Waals surface area (Å²) in [5.41, 5.74) is 1.44. The molecule has 0 unspecified atom stereocenters. The van der Waals surface area contributed by atoms with Gasteiger partial charge in [-0.15, -0.1) is 0 Å². The lowest BCUT2D eigenvalue weighted by Gasteiger charge is -2.38. The Morgan fingerprint density at radius 1 is 1.05 bits per heavy atom. The van der Waals surface area contributed by atoms with Crippen LogP contribution < -0.4 is 10.6 Å². The van der Waals surface area contributed by atoms with Gasteiger partial charge >= 0.3 is 0 Å². The zero-order chi connectivity index (χ0) is 28.2. The van der Waals surface area contributed by atoms with Crippen molar-refractivity contribution in [2.24, 2.45) is 23.7 Å². The first kappa shape index (κ1) is 27.0. The Labute approximate surface area is 240 Å². The first-order chi connectivity index (χ1) is 19.2. The fraction of sp³-hybridized carbons (Fsp3) is 0.469. The summed E-state index contributed by atoms with van der Waals surface area (Å²) in [6, 6.07) is 14.0. The number of benzene rings is 2. The lowest BCUT2D eigenvalue weighted by atomic mass is 9.73. The Kier molecular flexibility index (Phi) is 6.99. The fourth-order valence-corrected chi connectivity index (χ4v) is 7.26. The standard InChI is InChI=1S/C32H36ClN3O4/c1-18-7-9-21(10-8-18)17-36-28(30(38)35-24-6-4-5-19(2)20(24)3)32-16-15-25(40-32)26(27(32)31(36)39)29(37)34-23-13-11-22(33)12-14-23/h7-16,19-20,24-28H,4-6,17H2,1-3H3,(H,34,37)(H,35,38)/t19-,20-,24+,25+,26+,27+,28-,32-/m0/s1. The molecule has 40 heavy (non-hydrogen) atoms. The van der Waals surface area contributed by atoms with E-state index >= 15 is 0 Å². The molecule has 1 saturated carbocycles. The molecule has 3 aliphatic heterocycles. The van der Waals surface area contributed by atoms with Gasteiger partial charge in [0.2, 0.25) is 17.7 Å². The van der Waals surface area contributed by atoms with Gasteiger partial charge in [-0.25, -0.2) is 0 Å². The lowest BCUT2D eigenvalue weighted by Crippen LogP contribution is -2.57. The van der Waals surface area contributed by atoms with E-state index < -0.39 is 29.6 Å². The molecule has 4 aliphatic rings. The maximum Gasteiger partial charge on any atom is 0.246 e. The van der Waals surface area contributed by atoms with Crippen LogP contribution in [0.5, 0.6) is 0 Å². The van der Waals surface area contributed by atoms with Gasteiger partial charge in [0.1, 0.15) is 11.6 Å². The molecule has 2 aromatic carbocycles. The number of ether oxygens (including phenoxy) is 1. The Hall–Kier alpha value is -3.16. The van der Waals surface area contributed by atoms with E-state index in [0.29, 0.717) is 22.5 Å². The van der Waals surface area contributed by atoms with E-state index in [1.807, 2.05) is 43.3 Å². The summed E-state index contributed by atoms with van der Waals surface area (Å²) in [4.78, 5) is 43.6. The van der Waals surface area contributed by atoms with Gasteiger partial charge in [0.05, 0.1) is 17.9 Å². The highest BCUT2D eigenvalue weighted by Gasteiger charge is 2.72. The van der Waals surface area contributed by atoms with Crippen molar-refractivity contribution in [3.63, 3.8) is 0 Å². The van der Waals surface area contributed by atoms with Gasteiger partial charge in [-0.05, 0) is 55.0 Å². The Morgan fingerprint density at radius 2 is 1.77 bits per heavy atom. The SMILES string of the molecule is Cc1ccc(CN2C(=O)[C@H]3[C@H](C(=O)Nc4ccc(Cl)cc4)[C@H]4C=C[C@@]3(O4)[C@@H]2C(=O)N[C@@H]2CCC[C@H](C)[C@@H]2C)cc1. The number of nitrogens with zero attached hydrogens (tertiary/aromatic N) is 1. The second-order valence-corrected chi connectivity index (χ2v) is 12.5. The number of nitrogens with one attached hydrogen (secondary N) is 2. The largest absolute Gasteiger partial charge is 0.359 e. The highest BCUT2D eigenvalue weighted by Crippen LogP contribution is 2.55. The predicted octanol–water partition coefficient (Wildman–Crippen LogP) is 4.88. The minimum absolute atomic E-state index is 0.0367.